The van der Waals surface area contributed by atoms with Gasteiger partial charge in [0.1, 0.15) is 11.9 Å². The molecule has 1 aliphatic heterocycles. The third kappa shape index (κ3) is 3.80. The van der Waals surface area contributed by atoms with Gasteiger partial charge in [-0.05, 0) is 37.1 Å². The fourth-order valence-corrected chi connectivity index (χ4v) is 3.05. The number of carboxylic acid groups (broad SMARTS) is 1. The summed E-state index contributed by atoms with van der Waals surface area (Å²) in [6.07, 6.45) is 1.85. The number of carbonyl (C=O) groups is 1. The molecule has 0 saturated carbocycles. The minimum absolute atomic E-state index is 0.0687. The predicted molar refractivity (Wildman–Crippen MR) is 87.7 cm³/mol. The lowest BCUT2D eigenvalue weighted by molar-refractivity contribution is 0.0697. The number of nitrogens with two attached hydrogens (primary N) is 1. The first-order chi connectivity index (χ1) is 11.6. The van der Waals surface area contributed by atoms with E-state index < -0.39 is 5.97 Å². The standard InChI is InChI=1S/C15H18N4O4S/c16-19-13(12-2-1-7-23-12)17-18-15(19)24-9-8-22-11-5-3-10(4-6-11)14(20)21/h3-6,12H,1-2,7-9,16H2,(H,20,21). The van der Waals surface area contributed by atoms with Crippen molar-refractivity contribution in [2.24, 2.45) is 0 Å². The van der Waals surface area contributed by atoms with Crippen LogP contribution in [0.1, 0.15) is 35.1 Å². The fraction of sp³-hybridized carbons (Fsp3) is 0.400. The van der Waals surface area contributed by atoms with E-state index in [-0.39, 0.29) is 11.7 Å². The number of ether oxygens (including phenoxy) is 2. The predicted octanol–water partition coefficient (Wildman–Crippen LogP) is 1.71. The molecule has 2 aromatic rings. The van der Waals surface area contributed by atoms with Crippen LogP contribution in [0.5, 0.6) is 5.75 Å². The highest BCUT2D eigenvalue weighted by molar-refractivity contribution is 7.99. The molecule has 0 radical (unpaired) electrons. The van der Waals surface area contributed by atoms with Crippen LogP contribution in [0, 0.1) is 0 Å². The largest absolute Gasteiger partial charge is 0.493 e. The fourth-order valence-electron chi connectivity index (χ4n) is 2.37. The van der Waals surface area contributed by atoms with Gasteiger partial charge in [0.05, 0.1) is 12.2 Å². The molecule has 1 aromatic carbocycles. The van der Waals surface area contributed by atoms with Crippen molar-refractivity contribution in [1.82, 2.24) is 14.9 Å². The molecule has 1 atom stereocenters. The number of hydrogen-bond donors (Lipinski definition) is 2. The number of aromatic nitrogens is 3. The average molecular weight is 350 g/mol. The first-order valence-electron chi connectivity index (χ1n) is 7.56. The Balaban J connectivity index is 1.47. The first-order valence-corrected chi connectivity index (χ1v) is 8.54. The van der Waals surface area contributed by atoms with Crippen LogP contribution < -0.4 is 10.6 Å². The van der Waals surface area contributed by atoms with Crippen molar-refractivity contribution < 1.29 is 19.4 Å². The molecule has 0 bridgehead atoms. The smallest absolute Gasteiger partial charge is 0.335 e. The Morgan fingerprint density at radius 1 is 1.42 bits per heavy atom. The summed E-state index contributed by atoms with van der Waals surface area (Å²) in [6.45, 7) is 1.17. The van der Waals surface area contributed by atoms with Crippen molar-refractivity contribution in [3.8, 4) is 5.75 Å². The molecule has 1 aliphatic rings. The molecule has 1 unspecified atom stereocenters. The SMILES string of the molecule is Nn1c(SCCOc2ccc(C(=O)O)cc2)nnc1C1CCCO1. The maximum atomic E-state index is 10.8. The minimum Gasteiger partial charge on any atom is -0.493 e. The third-order valence-corrected chi connectivity index (χ3v) is 4.50. The summed E-state index contributed by atoms with van der Waals surface area (Å²) in [6, 6.07) is 6.29. The van der Waals surface area contributed by atoms with Gasteiger partial charge in [-0.1, -0.05) is 11.8 Å². The van der Waals surface area contributed by atoms with Gasteiger partial charge in [0.15, 0.2) is 5.82 Å². The van der Waals surface area contributed by atoms with E-state index in [2.05, 4.69) is 10.2 Å². The zero-order chi connectivity index (χ0) is 16.9. The number of carboxylic acids is 1. The molecule has 1 fully saturated rings. The van der Waals surface area contributed by atoms with Crippen LogP contribution in [0.15, 0.2) is 29.4 Å². The van der Waals surface area contributed by atoms with Crippen LogP contribution in [0.4, 0.5) is 0 Å². The van der Waals surface area contributed by atoms with Gasteiger partial charge < -0.3 is 20.4 Å². The number of hydrogen-bond acceptors (Lipinski definition) is 7. The molecule has 3 rings (SSSR count). The third-order valence-electron chi connectivity index (χ3n) is 3.59. The minimum atomic E-state index is -0.957. The number of nitrogens with zero attached hydrogens (tertiary/aromatic N) is 3. The van der Waals surface area contributed by atoms with E-state index in [0.717, 1.165) is 19.4 Å². The Kier molecular flexibility index (Phi) is 5.21. The Labute approximate surface area is 142 Å². The summed E-state index contributed by atoms with van der Waals surface area (Å²) in [5.41, 5.74) is 0.231. The molecule has 9 heteroatoms. The molecule has 0 amide bonds. The second-order valence-electron chi connectivity index (χ2n) is 5.24. The highest BCUT2D eigenvalue weighted by atomic mass is 32.2. The highest BCUT2D eigenvalue weighted by Crippen LogP contribution is 2.28. The molecule has 1 saturated heterocycles. The lowest BCUT2D eigenvalue weighted by Crippen LogP contribution is -2.17. The number of nitrogen functional groups attached to an aromatic ring is 1. The second kappa shape index (κ2) is 7.54. The van der Waals surface area contributed by atoms with Gasteiger partial charge in [-0.25, -0.2) is 9.47 Å². The van der Waals surface area contributed by atoms with Crippen LogP contribution in [0.3, 0.4) is 0 Å². The van der Waals surface area contributed by atoms with Crippen LogP contribution in [-0.2, 0) is 4.74 Å². The topological polar surface area (TPSA) is 112 Å². The lowest BCUT2D eigenvalue weighted by Gasteiger charge is -2.09. The van der Waals surface area contributed by atoms with Crippen molar-refractivity contribution in [2.75, 3.05) is 24.8 Å². The van der Waals surface area contributed by atoms with Gasteiger partial charge in [0, 0.05) is 12.4 Å². The zero-order valence-corrected chi connectivity index (χ0v) is 13.7. The summed E-state index contributed by atoms with van der Waals surface area (Å²) in [7, 11) is 0. The van der Waals surface area contributed by atoms with Crippen molar-refractivity contribution >= 4 is 17.7 Å². The van der Waals surface area contributed by atoms with E-state index in [1.165, 1.54) is 28.6 Å². The Morgan fingerprint density at radius 2 is 2.21 bits per heavy atom. The van der Waals surface area contributed by atoms with Crippen molar-refractivity contribution in [3.05, 3.63) is 35.7 Å². The summed E-state index contributed by atoms with van der Waals surface area (Å²) >= 11 is 1.44. The van der Waals surface area contributed by atoms with Crippen molar-refractivity contribution in [3.63, 3.8) is 0 Å². The van der Waals surface area contributed by atoms with Gasteiger partial charge in [-0.3, -0.25) is 0 Å². The molecule has 128 valence electrons. The van der Waals surface area contributed by atoms with Gasteiger partial charge in [0.2, 0.25) is 5.16 Å². The Morgan fingerprint density at radius 3 is 2.88 bits per heavy atom. The van der Waals surface area contributed by atoms with Crippen molar-refractivity contribution in [2.45, 2.75) is 24.1 Å². The van der Waals surface area contributed by atoms with Crippen LogP contribution in [-0.4, -0.2) is 44.9 Å². The molecule has 3 N–H and O–H groups in total. The highest BCUT2D eigenvalue weighted by Gasteiger charge is 2.24. The molecule has 24 heavy (non-hydrogen) atoms. The summed E-state index contributed by atoms with van der Waals surface area (Å²) in [5.74, 6) is 6.97. The molecule has 0 aliphatic carbocycles. The van der Waals surface area contributed by atoms with E-state index in [0.29, 0.717) is 29.1 Å². The maximum Gasteiger partial charge on any atom is 0.335 e. The normalized spacial score (nSPS) is 17.1. The van der Waals surface area contributed by atoms with E-state index in [1.807, 2.05) is 0 Å². The molecule has 8 nitrogen and oxygen atoms in total. The summed E-state index contributed by atoms with van der Waals surface area (Å²) in [4.78, 5) is 10.8. The zero-order valence-electron chi connectivity index (χ0n) is 12.9. The van der Waals surface area contributed by atoms with Crippen LogP contribution in [0.2, 0.25) is 0 Å². The van der Waals surface area contributed by atoms with Crippen LogP contribution in [0.25, 0.3) is 0 Å². The van der Waals surface area contributed by atoms with Crippen LogP contribution >= 0.6 is 11.8 Å². The van der Waals surface area contributed by atoms with E-state index >= 15 is 0 Å². The number of thioether (sulfide) groups is 1. The quantitative estimate of drug-likeness (QED) is 0.441. The number of benzene rings is 1. The van der Waals surface area contributed by atoms with Gasteiger partial charge in [-0.2, -0.15) is 0 Å². The molecule has 0 spiro atoms. The molecular formula is C15H18N4O4S. The molecular weight excluding hydrogens is 332 g/mol. The maximum absolute atomic E-state index is 10.8. The first kappa shape index (κ1) is 16.6. The second-order valence-corrected chi connectivity index (χ2v) is 6.30. The van der Waals surface area contributed by atoms with E-state index in [4.69, 9.17) is 20.4 Å². The van der Waals surface area contributed by atoms with Gasteiger partial charge in [0.25, 0.3) is 0 Å². The lowest BCUT2D eigenvalue weighted by atomic mass is 10.2. The van der Waals surface area contributed by atoms with Gasteiger partial charge in [-0.15, -0.1) is 10.2 Å². The monoisotopic (exact) mass is 350 g/mol. The van der Waals surface area contributed by atoms with E-state index in [9.17, 15) is 4.79 Å². The summed E-state index contributed by atoms with van der Waals surface area (Å²) < 4.78 is 12.6. The number of aromatic carboxylic acids is 1. The Bertz CT molecular complexity index is 698. The average Bonchev–Trinajstić information content (AvgIpc) is 3.22. The summed E-state index contributed by atoms with van der Waals surface area (Å²) in [5, 5.41) is 17.7. The molecule has 1 aromatic heterocycles. The van der Waals surface area contributed by atoms with E-state index in [1.54, 1.807) is 12.1 Å². The Hall–Kier alpha value is -2.26. The molecule has 2 heterocycles. The number of rotatable bonds is 7. The van der Waals surface area contributed by atoms with Crippen molar-refractivity contribution in [1.29, 1.82) is 0 Å². The van der Waals surface area contributed by atoms with Gasteiger partial charge >= 0.3 is 5.97 Å².